The Hall–Kier alpha value is -1.23. The monoisotopic (exact) mass is 228 g/mol. The van der Waals surface area contributed by atoms with Crippen LogP contribution < -0.4 is 9.62 Å². The third kappa shape index (κ3) is 3.43. The summed E-state index contributed by atoms with van der Waals surface area (Å²) in [6.07, 6.45) is 1.15. The number of hydrogen-bond acceptors (Lipinski definition) is 3. The van der Waals surface area contributed by atoms with Crippen molar-refractivity contribution >= 4 is 21.4 Å². The highest BCUT2D eigenvalue weighted by Crippen LogP contribution is 2.21. The van der Waals surface area contributed by atoms with Gasteiger partial charge in [0.25, 0.3) is 0 Å². The summed E-state index contributed by atoms with van der Waals surface area (Å²) in [5.41, 5.74) is 2.58. The van der Waals surface area contributed by atoms with Gasteiger partial charge in [-0.2, -0.15) is 0 Å². The van der Waals surface area contributed by atoms with Crippen LogP contribution in [0.25, 0.3) is 0 Å². The number of hydrogen-bond donors (Lipinski definition) is 1. The van der Waals surface area contributed by atoms with Gasteiger partial charge in [-0.1, -0.05) is 0 Å². The van der Waals surface area contributed by atoms with Crippen LogP contribution in [0.3, 0.4) is 0 Å². The van der Waals surface area contributed by atoms with Crippen LogP contribution >= 0.6 is 0 Å². The zero-order chi connectivity index (χ0) is 11.6. The number of anilines is 2. The molecule has 0 aliphatic rings. The molecule has 0 heterocycles. The molecule has 4 nitrogen and oxygen atoms in total. The molecule has 0 fully saturated rings. The zero-order valence-corrected chi connectivity index (χ0v) is 10.2. The summed E-state index contributed by atoms with van der Waals surface area (Å²) in [7, 11) is 0.689. The van der Waals surface area contributed by atoms with Crippen molar-refractivity contribution in [2.45, 2.75) is 6.92 Å². The first-order valence-electron chi connectivity index (χ1n) is 4.55. The summed E-state index contributed by atoms with van der Waals surface area (Å²) in [4.78, 5) is 1.97. The van der Waals surface area contributed by atoms with Gasteiger partial charge in [0.2, 0.25) is 10.0 Å². The third-order valence-electron chi connectivity index (χ3n) is 2.02. The standard InChI is InChI=1S/C10H16N2O2S/c1-8-7-9(12(2)3)5-6-10(8)11-15(4,13)14/h5-7,11H,1-4H3. The van der Waals surface area contributed by atoms with E-state index in [0.717, 1.165) is 17.5 Å². The number of aryl methyl sites for hydroxylation is 1. The highest BCUT2D eigenvalue weighted by molar-refractivity contribution is 7.92. The van der Waals surface area contributed by atoms with Crippen LogP contribution in [0.1, 0.15) is 5.56 Å². The number of nitrogens with one attached hydrogen (secondary N) is 1. The van der Waals surface area contributed by atoms with Crippen molar-refractivity contribution in [2.75, 3.05) is 30.0 Å². The van der Waals surface area contributed by atoms with Gasteiger partial charge in [0.1, 0.15) is 0 Å². The van der Waals surface area contributed by atoms with E-state index < -0.39 is 10.0 Å². The highest BCUT2D eigenvalue weighted by Gasteiger charge is 2.05. The Morgan fingerprint density at radius 2 is 1.87 bits per heavy atom. The Morgan fingerprint density at radius 1 is 1.27 bits per heavy atom. The van der Waals surface area contributed by atoms with E-state index in [1.165, 1.54) is 0 Å². The first-order valence-corrected chi connectivity index (χ1v) is 6.44. The Labute approximate surface area is 91.0 Å². The second-order valence-corrected chi connectivity index (χ2v) is 5.52. The van der Waals surface area contributed by atoms with E-state index in [1.807, 2.05) is 38.1 Å². The second kappa shape index (κ2) is 4.10. The van der Waals surface area contributed by atoms with Gasteiger partial charge < -0.3 is 4.90 Å². The van der Waals surface area contributed by atoms with Gasteiger partial charge in [-0.05, 0) is 30.7 Å². The summed E-state index contributed by atoms with van der Waals surface area (Å²) in [5.74, 6) is 0. The molecule has 0 saturated carbocycles. The molecule has 5 heteroatoms. The maximum Gasteiger partial charge on any atom is 0.229 e. The molecule has 0 aliphatic carbocycles. The van der Waals surface area contributed by atoms with E-state index in [9.17, 15) is 8.42 Å². The Kier molecular flexibility index (Phi) is 3.24. The summed E-state index contributed by atoms with van der Waals surface area (Å²) in [5, 5.41) is 0. The predicted molar refractivity (Wildman–Crippen MR) is 64.0 cm³/mol. The normalized spacial score (nSPS) is 11.2. The van der Waals surface area contributed by atoms with Gasteiger partial charge >= 0.3 is 0 Å². The maximum atomic E-state index is 11.1. The minimum atomic E-state index is -3.20. The Morgan fingerprint density at radius 3 is 2.27 bits per heavy atom. The average molecular weight is 228 g/mol. The van der Waals surface area contributed by atoms with Crippen molar-refractivity contribution in [1.82, 2.24) is 0 Å². The largest absolute Gasteiger partial charge is 0.378 e. The van der Waals surface area contributed by atoms with Crippen LogP contribution in [0.2, 0.25) is 0 Å². The minimum Gasteiger partial charge on any atom is -0.378 e. The Balaban J connectivity index is 3.04. The molecule has 1 aromatic rings. The maximum absolute atomic E-state index is 11.1. The van der Waals surface area contributed by atoms with Crippen LogP contribution in [-0.2, 0) is 10.0 Å². The molecule has 0 aliphatic heterocycles. The summed E-state index contributed by atoms with van der Waals surface area (Å²) >= 11 is 0. The smallest absolute Gasteiger partial charge is 0.229 e. The molecule has 0 radical (unpaired) electrons. The fourth-order valence-corrected chi connectivity index (χ4v) is 1.87. The van der Waals surface area contributed by atoms with Crippen LogP contribution in [0.15, 0.2) is 18.2 Å². The van der Waals surface area contributed by atoms with Crippen molar-refractivity contribution in [1.29, 1.82) is 0 Å². The van der Waals surface area contributed by atoms with Gasteiger partial charge in [0.15, 0.2) is 0 Å². The van der Waals surface area contributed by atoms with Gasteiger partial charge in [-0.3, -0.25) is 4.72 Å². The molecule has 84 valence electrons. The molecule has 1 N–H and O–H groups in total. The lowest BCUT2D eigenvalue weighted by molar-refractivity contribution is 0.607. The molecule has 0 amide bonds. The van der Waals surface area contributed by atoms with E-state index in [1.54, 1.807) is 6.07 Å². The lowest BCUT2D eigenvalue weighted by atomic mass is 10.2. The van der Waals surface area contributed by atoms with E-state index in [2.05, 4.69) is 4.72 Å². The van der Waals surface area contributed by atoms with E-state index in [-0.39, 0.29) is 0 Å². The lowest BCUT2D eigenvalue weighted by Gasteiger charge is -2.15. The molecule has 0 bridgehead atoms. The number of sulfonamides is 1. The van der Waals surface area contributed by atoms with Gasteiger partial charge in [0, 0.05) is 19.8 Å². The summed E-state index contributed by atoms with van der Waals surface area (Å²) < 4.78 is 24.6. The molecule has 0 atom stereocenters. The average Bonchev–Trinajstić information content (AvgIpc) is 2.05. The first-order chi connectivity index (χ1) is 6.79. The van der Waals surface area contributed by atoms with E-state index in [4.69, 9.17) is 0 Å². The van der Waals surface area contributed by atoms with Crippen LogP contribution in [0.5, 0.6) is 0 Å². The van der Waals surface area contributed by atoms with Gasteiger partial charge in [-0.25, -0.2) is 8.42 Å². The molecular weight excluding hydrogens is 212 g/mol. The van der Waals surface area contributed by atoms with Crippen molar-refractivity contribution in [3.63, 3.8) is 0 Å². The molecule has 15 heavy (non-hydrogen) atoms. The third-order valence-corrected chi connectivity index (χ3v) is 2.61. The molecular formula is C10H16N2O2S. The van der Waals surface area contributed by atoms with Crippen LogP contribution in [-0.4, -0.2) is 28.8 Å². The van der Waals surface area contributed by atoms with E-state index >= 15 is 0 Å². The second-order valence-electron chi connectivity index (χ2n) is 3.77. The quantitative estimate of drug-likeness (QED) is 0.851. The Bertz CT molecular complexity index is 452. The number of nitrogens with zero attached hydrogens (tertiary/aromatic N) is 1. The fourth-order valence-electron chi connectivity index (χ4n) is 1.24. The van der Waals surface area contributed by atoms with Crippen molar-refractivity contribution < 1.29 is 8.42 Å². The predicted octanol–water partition coefficient (Wildman–Crippen LogP) is 1.43. The van der Waals surface area contributed by atoms with Crippen LogP contribution in [0.4, 0.5) is 11.4 Å². The van der Waals surface area contributed by atoms with Gasteiger partial charge in [0.05, 0.1) is 11.9 Å². The molecule has 1 aromatic carbocycles. The fraction of sp³-hybridized carbons (Fsp3) is 0.400. The van der Waals surface area contributed by atoms with Crippen molar-refractivity contribution in [3.05, 3.63) is 23.8 Å². The first kappa shape index (κ1) is 11.8. The number of benzene rings is 1. The molecule has 0 unspecified atom stereocenters. The lowest BCUT2D eigenvalue weighted by Crippen LogP contribution is -2.12. The van der Waals surface area contributed by atoms with E-state index in [0.29, 0.717) is 5.69 Å². The zero-order valence-electron chi connectivity index (χ0n) is 9.40. The number of rotatable bonds is 3. The highest BCUT2D eigenvalue weighted by atomic mass is 32.2. The van der Waals surface area contributed by atoms with Crippen LogP contribution in [0, 0.1) is 6.92 Å². The SMILES string of the molecule is Cc1cc(N(C)C)ccc1NS(C)(=O)=O. The van der Waals surface area contributed by atoms with Crippen molar-refractivity contribution in [3.8, 4) is 0 Å². The van der Waals surface area contributed by atoms with Crippen molar-refractivity contribution in [2.24, 2.45) is 0 Å². The molecule has 0 spiro atoms. The molecule has 1 rings (SSSR count). The summed E-state index contributed by atoms with van der Waals surface area (Å²) in [6, 6.07) is 5.58. The molecule has 0 aromatic heterocycles. The topological polar surface area (TPSA) is 49.4 Å². The summed E-state index contributed by atoms with van der Waals surface area (Å²) in [6.45, 7) is 1.88. The minimum absolute atomic E-state index is 0.628. The van der Waals surface area contributed by atoms with Gasteiger partial charge in [-0.15, -0.1) is 0 Å². The molecule has 0 saturated heterocycles.